The molecule has 4 aliphatic carbocycles. The van der Waals surface area contributed by atoms with Gasteiger partial charge < -0.3 is 5.11 Å². The van der Waals surface area contributed by atoms with Crippen LogP contribution in [-0.2, 0) is 0 Å². The van der Waals surface area contributed by atoms with Crippen LogP contribution in [0.2, 0.25) is 0 Å². The van der Waals surface area contributed by atoms with Crippen LogP contribution >= 0.6 is 0 Å². The first-order chi connectivity index (χ1) is 14.2. The summed E-state index contributed by atoms with van der Waals surface area (Å²) in [6.07, 6.45) is 18.7. The maximum atomic E-state index is 10.2. The van der Waals surface area contributed by atoms with Gasteiger partial charge in [0.1, 0.15) is 0 Å². The second kappa shape index (κ2) is 8.27. The zero-order valence-electron chi connectivity index (χ0n) is 20.3. The molecule has 4 rings (SSSR count). The number of fused-ring (bicyclic) bond motifs is 5. The monoisotopic (exact) mass is 410 g/mol. The Labute approximate surface area is 186 Å². The van der Waals surface area contributed by atoms with Crippen LogP contribution in [0.15, 0.2) is 36.0 Å². The molecular formula is C29H46O. The third kappa shape index (κ3) is 3.58. The minimum Gasteiger partial charge on any atom is -0.393 e. The van der Waals surface area contributed by atoms with Gasteiger partial charge in [0, 0.05) is 0 Å². The van der Waals surface area contributed by atoms with Crippen molar-refractivity contribution in [2.24, 2.45) is 46.3 Å². The van der Waals surface area contributed by atoms with Crippen LogP contribution in [0.25, 0.3) is 0 Å². The van der Waals surface area contributed by atoms with Gasteiger partial charge >= 0.3 is 0 Å². The van der Waals surface area contributed by atoms with E-state index in [9.17, 15) is 5.11 Å². The van der Waals surface area contributed by atoms with E-state index in [1.54, 1.807) is 5.57 Å². The molecule has 0 bridgehead atoms. The standard InChI is InChI=1S/C29H46O/c1-7-21(19(2)3)9-8-20(4)25-12-13-26-24-11-10-22-18-23(30)14-16-28(22,5)27(24)15-17-29(25,26)6/h8-10,20-21,23-27,30H,2,7,11-18H2,1,3-6H3/t20-,21-,23+,24+,25-,26+,27+,28+,29-/m1/s1. The highest BCUT2D eigenvalue weighted by Gasteiger charge is 2.58. The molecule has 0 heterocycles. The van der Waals surface area contributed by atoms with Gasteiger partial charge in [-0.15, -0.1) is 0 Å². The Kier molecular flexibility index (Phi) is 6.17. The molecular weight excluding hydrogens is 364 g/mol. The minimum absolute atomic E-state index is 0.0932. The highest BCUT2D eigenvalue weighted by Crippen LogP contribution is 2.67. The summed E-state index contributed by atoms with van der Waals surface area (Å²) in [5, 5.41) is 10.2. The Hall–Kier alpha value is -0.820. The van der Waals surface area contributed by atoms with Crippen molar-refractivity contribution in [3.05, 3.63) is 36.0 Å². The van der Waals surface area contributed by atoms with Crippen molar-refractivity contribution in [2.45, 2.75) is 98.5 Å². The third-order valence-corrected chi connectivity index (χ3v) is 10.5. The summed E-state index contributed by atoms with van der Waals surface area (Å²) in [5.74, 6) is 4.64. The Morgan fingerprint density at radius 3 is 2.63 bits per heavy atom. The maximum absolute atomic E-state index is 10.2. The lowest BCUT2D eigenvalue weighted by Crippen LogP contribution is -2.50. The second-order valence-electron chi connectivity index (χ2n) is 12.0. The summed E-state index contributed by atoms with van der Waals surface area (Å²) in [5.41, 5.74) is 3.77. The molecule has 0 saturated heterocycles. The van der Waals surface area contributed by atoms with Crippen molar-refractivity contribution in [1.29, 1.82) is 0 Å². The fourth-order valence-corrected chi connectivity index (χ4v) is 8.64. The van der Waals surface area contributed by atoms with E-state index in [2.05, 4.69) is 59.4 Å². The van der Waals surface area contributed by atoms with Gasteiger partial charge in [-0.25, -0.2) is 0 Å². The Morgan fingerprint density at radius 1 is 1.17 bits per heavy atom. The van der Waals surface area contributed by atoms with Gasteiger partial charge in [0.25, 0.3) is 0 Å². The van der Waals surface area contributed by atoms with E-state index < -0.39 is 0 Å². The predicted octanol–water partition coefficient (Wildman–Crippen LogP) is 7.72. The maximum Gasteiger partial charge on any atom is 0.0577 e. The number of allylic oxidation sites excluding steroid dienone is 4. The fraction of sp³-hybridized carbons (Fsp3) is 0.793. The van der Waals surface area contributed by atoms with E-state index in [0.717, 1.165) is 42.9 Å². The molecule has 0 aliphatic heterocycles. The molecule has 0 amide bonds. The molecule has 4 aliphatic rings. The molecule has 3 saturated carbocycles. The third-order valence-electron chi connectivity index (χ3n) is 10.5. The van der Waals surface area contributed by atoms with Crippen LogP contribution in [0.3, 0.4) is 0 Å². The van der Waals surface area contributed by atoms with Crippen molar-refractivity contribution in [2.75, 3.05) is 0 Å². The largest absolute Gasteiger partial charge is 0.393 e. The summed E-state index contributed by atoms with van der Waals surface area (Å²) in [4.78, 5) is 0. The average molecular weight is 411 g/mol. The number of hydrogen-bond acceptors (Lipinski definition) is 1. The molecule has 1 N–H and O–H groups in total. The van der Waals surface area contributed by atoms with Crippen LogP contribution in [0, 0.1) is 46.3 Å². The van der Waals surface area contributed by atoms with Gasteiger partial charge in [0.2, 0.25) is 0 Å². The van der Waals surface area contributed by atoms with E-state index in [1.807, 2.05) is 0 Å². The molecule has 0 aromatic rings. The van der Waals surface area contributed by atoms with Crippen molar-refractivity contribution < 1.29 is 5.11 Å². The first-order valence-corrected chi connectivity index (χ1v) is 12.9. The normalized spacial score (nSPS) is 45.3. The van der Waals surface area contributed by atoms with Crippen molar-refractivity contribution >= 4 is 0 Å². The van der Waals surface area contributed by atoms with E-state index in [4.69, 9.17) is 0 Å². The Balaban J connectivity index is 1.53. The first kappa shape index (κ1) is 22.4. The highest BCUT2D eigenvalue weighted by atomic mass is 16.3. The number of aliphatic hydroxyl groups excluding tert-OH is 1. The molecule has 0 unspecified atom stereocenters. The second-order valence-corrected chi connectivity index (χ2v) is 12.0. The van der Waals surface area contributed by atoms with Gasteiger partial charge in [-0.2, -0.15) is 0 Å². The summed E-state index contributed by atoms with van der Waals surface area (Å²) >= 11 is 0. The smallest absolute Gasteiger partial charge is 0.0577 e. The summed E-state index contributed by atoms with van der Waals surface area (Å²) < 4.78 is 0. The molecule has 0 aromatic carbocycles. The van der Waals surface area contributed by atoms with E-state index >= 15 is 0 Å². The zero-order chi connectivity index (χ0) is 21.7. The van der Waals surface area contributed by atoms with Gasteiger partial charge in [-0.1, -0.05) is 63.6 Å². The minimum atomic E-state index is -0.0932. The van der Waals surface area contributed by atoms with E-state index in [0.29, 0.717) is 22.7 Å². The Morgan fingerprint density at radius 2 is 1.93 bits per heavy atom. The first-order valence-electron chi connectivity index (χ1n) is 12.9. The van der Waals surface area contributed by atoms with Gasteiger partial charge in [-0.05, 0) is 111 Å². The summed E-state index contributed by atoms with van der Waals surface area (Å²) in [6.45, 7) is 16.3. The van der Waals surface area contributed by atoms with Crippen molar-refractivity contribution in [3.63, 3.8) is 0 Å². The van der Waals surface area contributed by atoms with Gasteiger partial charge in [0.05, 0.1) is 6.10 Å². The molecule has 1 heteroatoms. The number of aliphatic hydroxyl groups is 1. The average Bonchev–Trinajstić information content (AvgIpc) is 3.06. The summed E-state index contributed by atoms with van der Waals surface area (Å²) in [7, 11) is 0. The van der Waals surface area contributed by atoms with Crippen LogP contribution in [0.1, 0.15) is 92.4 Å². The molecule has 0 spiro atoms. The molecule has 3 fully saturated rings. The molecule has 9 atom stereocenters. The SMILES string of the molecule is C=C(C)[C@@H](C=C[C@@H](C)[C@H]1CC[C@H]2[C@@H]3CC=C4C[C@@H](O)CC[C@]4(C)[C@H]3CC[C@]12C)CC. The lowest BCUT2D eigenvalue weighted by Gasteiger charge is -2.58. The van der Waals surface area contributed by atoms with Crippen molar-refractivity contribution in [3.8, 4) is 0 Å². The molecule has 30 heavy (non-hydrogen) atoms. The lowest BCUT2D eigenvalue weighted by atomic mass is 9.47. The van der Waals surface area contributed by atoms with Gasteiger partial charge in [0.15, 0.2) is 0 Å². The van der Waals surface area contributed by atoms with Crippen LogP contribution in [0.4, 0.5) is 0 Å². The van der Waals surface area contributed by atoms with Crippen LogP contribution in [0.5, 0.6) is 0 Å². The predicted molar refractivity (Wildman–Crippen MR) is 128 cm³/mol. The van der Waals surface area contributed by atoms with Gasteiger partial charge in [-0.3, -0.25) is 0 Å². The molecule has 1 nitrogen and oxygen atoms in total. The number of rotatable bonds is 5. The quantitative estimate of drug-likeness (QED) is 0.460. The molecule has 168 valence electrons. The number of hydrogen-bond donors (Lipinski definition) is 1. The van der Waals surface area contributed by atoms with Crippen LogP contribution < -0.4 is 0 Å². The summed E-state index contributed by atoms with van der Waals surface area (Å²) in [6, 6.07) is 0. The highest BCUT2D eigenvalue weighted by molar-refractivity contribution is 5.25. The fourth-order valence-electron chi connectivity index (χ4n) is 8.64. The van der Waals surface area contributed by atoms with Crippen LogP contribution in [-0.4, -0.2) is 11.2 Å². The van der Waals surface area contributed by atoms with E-state index in [-0.39, 0.29) is 6.10 Å². The van der Waals surface area contributed by atoms with E-state index in [1.165, 1.54) is 44.1 Å². The zero-order valence-corrected chi connectivity index (χ0v) is 20.3. The molecule has 0 aromatic heterocycles. The lowest BCUT2D eigenvalue weighted by molar-refractivity contribution is -0.0540. The topological polar surface area (TPSA) is 20.2 Å². The molecule has 0 radical (unpaired) electrons. The Bertz CT molecular complexity index is 716. The van der Waals surface area contributed by atoms with Crippen molar-refractivity contribution in [1.82, 2.24) is 0 Å².